The first-order chi connectivity index (χ1) is 10.1. The molecule has 2 aromatic rings. The summed E-state index contributed by atoms with van der Waals surface area (Å²) in [5, 5.41) is 12.4. The number of nitrogens with one attached hydrogen (secondary N) is 1. The number of carbonyl (C=O) groups is 1. The second kappa shape index (κ2) is 5.22. The maximum absolute atomic E-state index is 11.5. The smallest absolute Gasteiger partial charge is 0.257 e. The molecule has 1 aliphatic rings. The van der Waals surface area contributed by atoms with Gasteiger partial charge < -0.3 is 15.3 Å². The molecule has 0 spiro atoms. The van der Waals surface area contributed by atoms with Crippen molar-refractivity contribution in [2.24, 2.45) is 0 Å². The summed E-state index contributed by atoms with van der Waals surface area (Å²) in [6, 6.07) is 14.0. The first kappa shape index (κ1) is 13.6. The number of nitrogens with zero attached hydrogens (tertiary/aromatic N) is 1. The van der Waals surface area contributed by atoms with Gasteiger partial charge in [0.25, 0.3) is 5.91 Å². The van der Waals surface area contributed by atoms with E-state index in [0.717, 1.165) is 17.8 Å². The quantitative estimate of drug-likeness (QED) is 0.910. The average Bonchev–Trinajstić information content (AvgIpc) is 2.81. The van der Waals surface area contributed by atoms with E-state index in [1.807, 2.05) is 19.2 Å². The summed E-state index contributed by atoms with van der Waals surface area (Å²) in [5.74, 6) is -0.364. The van der Waals surface area contributed by atoms with Crippen LogP contribution in [0, 0.1) is 0 Å². The molecule has 21 heavy (non-hydrogen) atoms. The molecule has 0 aliphatic carbocycles. The highest BCUT2D eigenvalue weighted by atomic mass is 16.3. The third-order valence-electron chi connectivity index (χ3n) is 3.96. The lowest BCUT2D eigenvalue weighted by atomic mass is 10.1. The first-order valence-electron chi connectivity index (χ1n) is 7.05. The van der Waals surface area contributed by atoms with E-state index < -0.39 is 6.10 Å². The van der Waals surface area contributed by atoms with Gasteiger partial charge in [0.05, 0.1) is 0 Å². The zero-order valence-electron chi connectivity index (χ0n) is 12.1. The highest BCUT2D eigenvalue weighted by Gasteiger charge is 2.28. The minimum Gasteiger partial charge on any atom is -0.378 e. The summed E-state index contributed by atoms with van der Waals surface area (Å²) in [6.07, 6.45) is -0.0320. The Kier molecular flexibility index (Phi) is 3.39. The summed E-state index contributed by atoms with van der Waals surface area (Å²) in [4.78, 5) is 13.5. The third-order valence-corrected chi connectivity index (χ3v) is 3.96. The van der Waals surface area contributed by atoms with Gasteiger partial charge in [0.15, 0.2) is 6.10 Å². The van der Waals surface area contributed by atoms with Gasteiger partial charge in [0, 0.05) is 29.7 Å². The van der Waals surface area contributed by atoms with Crippen LogP contribution in [0.1, 0.15) is 24.2 Å². The largest absolute Gasteiger partial charge is 0.378 e. The molecule has 3 rings (SSSR count). The summed E-state index contributed by atoms with van der Waals surface area (Å²) in [7, 11) is 1.98. The van der Waals surface area contributed by atoms with Crippen molar-refractivity contribution in [3.63, 3.8) is 0 Å². The lowest BCUT2D eigenvalue weighted by Crippen LogP contribution is -2.10. The van der Waals surface area contributed by atoms with Crippen molar-refractivity contribution in [3.8, 4) is 0 Å². The van der Waals surface area contributed by atoms with Gasteiger partial charge in [-0.2, -0.15) is 0 Å². The molecule has 1 aliphatic heterocycles. The topological polar surface area (TPSA) is 52.6 Å². The molecule has 4 heteroatoms. The average molecular weight is 282 g/mol. The van der Waals surface area contributed by atoms with Crippen LogP contribution in [-0.4, -0.2) is 18.1 Å². The van der Waals surface area contributed by atoms with Crippen molar-refractivity contribution in [1.29, 1.82) is 0 Å². The number of carbonyl (C=O) groups excluding carboxylic acids is 1. The Morgan fingerprint density at radius 3 is 2.48 bits per heavy atom. The van der Waals surface area contributed by atoms with Crippen LogP contribution < -0.4 is 10.2 Å². The van der Waals surface area contributed by atoms with E-state index in [0.29, 0.717) is 11.3 Å². The molecule has 0 aromatic heterocycles. The number of benzene rings is 2. The van der Waals surface area contributed by atoms with Crippen molar-refractivity contribution >= 4 is 23.0 Å². The fraction of sp³-hybridized carbons (Fsp3) is 0.235. The van der Waals surface area contributed by atoms with E-state index in [-0.39, 0.29) is 5.91 Å². The van der Waals surface area contributed by atoms with Crippen LogP contribution in [0.5, 0.6) is 0 Å². The number of anilines is 3. The van der Waals surface area contributed by atoms with Crippen LogP contribution in [-0.2, 0) is 11.2 Å². The van der Waals surface area contributed by atoms with E-state index in [1.165, 1.54) is 5.56 Å². The monoisotopic (exact) mass is 282 g/mol. The number of rotatable bonds is 3. The van der Waals surface area contributed by atoms with Crippen molar-refractivity contribution in [3.05, 3.63) is 53.6 Å². The third kappa shape index (κ3) is 2.38. The van der Waals surface area contributed by atoms with E-state index >= 15 is 0 Å². The van der Waals surface area contributed by atoms with Crippen LogP contribution in [0.25, 0.3) is 0 Å². The zero-order valence-corrected chi connectivity index (χ0v) is 12.1. The second-order valence-corrected chi connectivity index (χ2v) is 5.24. The Labute approximate surface area is 124 Å². The molecule has 0 radical (unpaired) electrons. The number of aryl methyl sites for hydroxylation is 1. The number of fused-ring (bicyclic) bond motifs is 1. The van der Waals surface area contributed by atoms with Gasteiger partial charge in [-0.1, -0.05) is 25.1 Å². The summed E-state index contributed by atoms with van der Waals surface area (Å²) >= 11 is 0. The fourth-order valence-corrected chi connectivity index (χ4v) is 2.55. The number of hydrogen-bond acceptors (Lipinski definition) is 3. The van der Waals surface area contributed by atoms with Gasteiger partial charge in [-0.05, 0) is 36.2 Å². The van der Waals surface area contributed by atoms with E-state index in [9.17, 15) is 9.90 Å². The van der Waals surface area contributed by atoms with Crippen molar-refractivity contribution in [2.45, 2.75) is 19.4 Å². The lowest BCUT2D eigenvalue weighted by Gasteiger charge is -2.20. The van der Waals surface area contributed by atoms with Gasteiger partial charge >= 0.3 is 0 Å². The summed E-state index contributed by atoms with van der Waals surface area (Å²) in [6.45, 7) is 2.13. The number of aliphatic hydroxyl groups is 1. The number of aliphatic hydroxyl groups excluding tert-OH is 1. The van der Waals surface area contributed by atoms with Crippen molar-refractivity contribution in [1.82, 2.24) is 0 Å². The van der Waals surface area contributed by atoms with Crippen LogP contribution in [0.15, 0.2) is 42.5 Å². The molecule has 2 aromatic carbocycles. The van der Waals surface area contributed by atoms with Crippen molar-refractivity contribution in [2.75, 3.05) is 17.3 Å². The van der Waals surface area contributed by atoms with Crippen LogP contribution >= 0.6 is 0 Å². The summed E-state index contributed by atoms with van der Waals surface area (Å²) < 4.78 is 0. The van der Waals surface area contributed by atoms with E-state index in [1.54, 1.807) is 6.07 Å². The Bertz CT molecular complexity index is 680. The van der Waals surface area contributed by atoms with Crippen LogP contribution in [0.3, 0.4) is 0 Å². The molecule has 0 bridgehead atoms. The summed E-state index contributed by atoms with van der Waals surface area (Å²) in [5.41, 5.74) is 4.67. The molecule has 1 unspecified atom stereocenters. The molecule has 0 saturated carbocycles. The Morgan fingerprint density at radius 2 is 1.81 bits per heavy atom. The Morgan fingerprint density at radius 1 is 1.14 bits per heavy atom. The van der Waals surface area contributed by atoms with E-state index in [4.69, 9.17) is 0 Å². The maximum Gasteiger partial charge on any atom is 0.257 e. The van der Waals surface area contributed by atoms with Gasteiger partial charge in [0.1, 0.15) is 0 Å². The van der Waals surface area contributed by atoms with E-state index in [2.05, 4.69) is 41.4 Å². The number of hydrogen-bond donors (Lipinski definition) is 2. The minimum atomic E-state index is -1.05. The fourth-order valence-electron chi connectivity index (χ4n) is 2.55. The Hall–Kier alpha value is -2.33. The molecule has 0 saturated heterocycles. The number of amides is 1. The van der Waals surface area contributed by atoms with Crippen molar-refractivity contribution < 1.29 is 9.90 Å². The molecule has 0 fully saturated rings. The standard InChI is InChI=1S/C17H18N2O2/c1-3-11-4-6-12(7-5-11)19(2)13-8-9-14-15(10-13)18-17(21)16(14)20/h4-10,16,20H,3H2,1-2H3,(H,18,21). The highest BCUT2D eigenvalue weighted by molar-refractivity contribution is 6.02. The SMILES string of the molecule is CCc1ccc(N(C)c2ccc3c(c2)NC(=O)C3O)cc1. The molecular formula is C17H18N2O2. The molecule has 1 heterocycles. The van der Waals surface area contributed by atoms with Gasteiger partial charge in [0.2, 0.25) is 0 Å². The predicted molar refractivity (Wildman–Crippen MR) is 83.9 cm³/mol. The molecule has 4 nitrogen and oxygen atoms in total. The Balaban J connectivity index is 1.90. The maximum atomic E-state index is 11.5. The normalized spacial score (nSPS) is 16.5. The van der Waals surface area contributed by atoms with Crippen LogP contribution in [0.4, 0.5) is 17.1 Å². The lowest BCUT2D eigenvalue weighted by molar-refractivity contribution is -0.123. The van der Waals surface area contributed by atoms with Gasteiger partial charge in [-0.15, -0.1) is 0 Å². The predicted octanol–water partition coefficient (Wildman–Crippen LogP) is 3.00. The molecule has 1 atom stereocenters. The zero-order chi connectivity index (χ0) is 15.0. The molecular weight excluding hydrogens is 264 g/mol. The molecule has 108 valence electrons. The molecule has 1 amide bonds. The van der Waals surface area contributed by atoms with Gasteiger partial charge in [-0.3, -0.25) is 4.79 Å². The first-order valence-corrected chi connectivity index (χ1v) is 7.05. The minimum absolute atomic E-state index is 0.364. The van der Waals surface area contributed by atoms with Crippen LogP contribution in [0.2, 0.25) is 0 Å². The highest BCUT2D eigenvalue weighted by Crippen LogP contribution is 2.35. The second-order valence-electron chi connectivity index (χ2n) is 5.24. The molecule has 2 N–H and O–H groups in total. The van der Waals surface area contributed by atoms with Gasteiger partial charge in [-0.25, -0.2) is 0 Å².